The van der Waals surface area contributed by atoms with Gasteiger partial charge in [0.15, 0.2) is 0 Å². The summed E-state index contributed by atoms with van der Waals surface area (Å²) in [6.45, 7) is 4.62. The summed E-state index contributed by atoms with van der Waals surface area (Å²) in [5.41, 5.74) is 6.67. The van der Waals surface area contributed by atoms with Crippen LogP contribution in [0.3, 0.4) is 0 Å². The summed E-state index contributed by atoms with van der Waals surface area (Å²) in [6, 6.07) is 20.2. The average Bonchev–Trinajstić information content (AvgIpc) is 3.66. The first-order valence-electron chi connectivity index (χ1n) is 12.7. The van der Waals surface area contributed by atoms with Crippen LogP contribution in [0.5, 0.6) is 11.5 Å². The minimum Gasteiger partial charge on any atom is -0.490 e. The molecular weight excluding hydrogens is 488 g/mol. The Hall–Kier alpha value is -3.00. The number of carboxylic acid groups (broad SMARTS) is 1. The summed E-state index contributed by atoms with van der Waals surface area (Å²) in [5, 5.41) is 9.14. The lowest BCUT2D eigenvalue weighted by Gasteiger charge is -2.39. The van der Waals surface area contributed by atoms with Crippen molar-refractivity contribution < 1.29 is 28.5 Å². The van der Waals surface area contributed by atoms with Crippen LogP contribution in [0, 0.1) is 19.8 Å². The van der Waals surface area contributed by atoms with Crippen LogP contribution in [-0.2, 0) is 11.4 Å². The van der Waals surface area contributed by atoms with Crippen molar-refractivity contribution >= 4 is 16.6 Å². The monoisotopic (exact) mass is 522 g/mol. The predicted octanol–water partition coefficient (Wildman–Crippen LogP) is 7.03. The first-order chi connectivity index (χ1) is 17.7. The highest BCUT2D eigenvalue weighted by atomic mass is 32.3. The molecule has 0 radical (unpaired) electrons. The Morgan fingerprint density at radius 3 is 2.24 bits per heavy atom. The van der Waals surface area contributed by atoms with Crippen LogP contribution < -0.4 is 9.47 Å². The number of benzene rings is 3. The minimum absolute atomic E-state index is 0.0157. The van der Waals surface area contributed by atoms with E-state index in [-0.39, 0.29) is 17.9 Å². The highest BCUT2D eigenvalue weighted by Crippen LogP contribution is 2.48. The quantitative estimate of drug-likeness (QED) is 0.294. The normalized spacial score (nSPS) is 21.7. The molecule has 1 saturated carbocycles. The van der Waals surface area contributed by atoms with Crippen molar-refractivity contribution in [2.24, 2.45) is 5.92 Å². The van der Waals surface area contributed by atoms with Crippen molar-refractivity contribution in [3.63, 3.8) is 0 Å². The summed E-state index contributed by atoms with van der Waals surface area (Å²) in [6.07, 6.45) is 2.05. The Bertz CT molecular complexity index is 1250. The summed E-state index contributed by atoms with van der Waals surface area (Å²) < 4.78 is 31.9. The van der Waals surface area contributed by atoms with Gasteiger partial charge in [0.1, 0.15) is 24.2 Å². The summed E-state index contributed by atoms with van der Waals surface area (Å²) in [5.74, 6) is 1.57. The molecule has 1 aliphatic carbocycles. The molecule has 1 saturated heterocycles. The first-order valence-corrected chi connectivity index (χ1v) is 14.6. The maximum Gasteiger partial charge on any atom is 0.307 e. The van der Waals surface area contributed by atoms with E-state index in [9.17, 15) is 13.9 Å². The predicted molar refractivity (Wildman–Crippen MR) is 147 cm³/mol. The van der Waals surface area contributed by atoms with Crippen LogP contribution in [-0.4, -0.2) is 37.8 Å². The number of hydrogen-bond donors (Lipinski definition) is 3. The van der Waals surface area contributed by atoms with E-state index in [0.29, 0.717) is 37.4 Å². The SMILES string of the molecule is Cc1cc(OC2CCS(O)(O)CC2)cc(C)c1-c1cccc(COc2ccc(C3CC3C(=O)O)cc2)c1. The maximum atomic E-state index is 11.1. The van der Waals surface area contributed by atoms with Gasteiger partial charge in [-0.3, -0.25) is 13.9 Å². The summed E-state index contributed by atoms with van der Waals surface area (Å²) >= 11 is 0. The van der Waals surface area contributed by atoms with Gasteiger partial charge < -0.3 is 14.6 Å². The molecule has 0 aromatic heterocycles. The fourth-order valence-electron chi connectivity index (χ4n) is 5.28. The molecule has 3 aromatic carbocycles. The molecule has 3 N–H and O–H groups in total. The van der Waals surface area contributed by atoms with E-state index >= 15 is 0 Å². The van der Waals surface area contributed by atoms with Crippen molar-refractivity contribution in [2.45, 2.75) is 51.7 Å². The van der Waals surface area contributed by atoms with Gasteiger partial charge in [0.05, 0.1) is 5.92 Å². The number of carboxylic acids is 1. The zero-order chi connectivity index (χ0) is 26.2. The molecule has 196 valence electrons. The Labute approximate surface area is 219 Å². The van der Waals surface area contributed by atoms with Crippen LogP contribution in [0.1, 0.15) is 47.4 Å². The molecule has 0 bridgehead atoms. The summed E-state index contributed by atoms with van der Waals surface area (Å²) in [7, 11) is -2.41. The van der Waals surface area contributed by atoms with E-state index in [2.05, 4.69) is 44.2 Å². The second kappa shape index (κ2) is 10.4. The molecule has 0 amide bonds. The number of aryl methyl sites for hydroxylation is 2. The van der Waals surface area contributed by atoms with Gasteiger partial charge in [-0.15, -0.1) is 0 Å². The highest BCUT2D eigenvalue weighted by Gasteiger charge is 2.44. The standard InChI is InChI=1S/C30H34O6S/c1-19-14-26(36-25-10-12-37(33,34)13-11-25)15-20(2)29(19)23-5-3-4-21(16-23)18-35-24-8-6-22(7-9-24)27-17-28(27)30(31)32/h3-9,14-16,25,27-28,33-34H,10-13,17-18H2,1-2H3,(H,31,32). The topological polar surface area (TPSA) is 96.2 Å². The summed E-state index contributed by atoms with van der Waals surface area (Å²) in [4.78, 5) is 11.1. The number of aliphatic carboxylic acids is 1. The molecule has 2 fully saturated rings. The number of hydrogen-bond acceptors (Lipinski definition) is 5. The van der Waals surface area contributed by atoms with Gasteiger partial charge in [0, 0.05) is 24.3 Å². The van der Waals surface area contributed by atoms with Gasteiger partial charge in [0.25, 0.3) is 0 Å². The molecule has 2 aliphatic rings. The third kappa shape index (κ3) is 6.12. The molecule has 2 atom stereocenters. The molecule has 5 rings (SSSR count). The lowest BCUT2D eigenvalue weighted by atomic mass is 9.94. The zero-order valence-corrected chi connectivity index (χ0v) is 22.0. The number of ether oxygens (including phenoxy) is 2. The molecular formula is C30H34O6S. The lowest BCUT2D eigenvalue weighted by molar-refractivity contribution is -0.138. The minimum atomic E-state index is -2.41. The van der Waals surface area contributed by atoms with Crippen molar-refractivity contribution in [3.05, 3.63) is 82.9 Å². The number of carbonyl (C=O) groups is 1. The lowest BCUT2D eigenvalue weighted by Crippen LogP contribution is -2.28. The molecule has 7 heteroatoms. The van der Waals surface area contributed by atoms with Crippen LogP contribution in [0.25, 0.3) is 11.1 Å². The van der Waals surface area contributed by atoms with Crippen LogP contribution in [0.4, 0.5) is 0 Å². The molecule has 3 aromatic rings. The van der Waals surface area contributed by atoms with E-state index in [4.69, 9.17) is 14.6 Å². The fourth-order valence-corrected chi connectivity index (χ4v) is 6.76. The number of rotatable bonds is 8. The zero-order valence-electron chi connectivity index (χ0n) is 21.2. The Morgan fingerprint density at radius 1 is 0.946 bits per heavy atom. The largest absolute Gasteiger partial charge is 0.490 e. The van der Waals surface area contributed by atoms with Gasteiger partial charge in [-0.25, -0.2) is 0 Å². The van der Waals surface area contributed by atoms with E-state index < -0.39 is 16.6 Å². The molecule has 2 unspecified atom stereocenters. The van der Waals surface area contributed by atoms with Crippen LogP contribution >= 0.6 is 10.6 Å². The van der Waals surface area contributed by atoms with Crippen LogP contribution in [0.15, 0.2) is 60.7 Å². The van der Waals surface area contributed by atoms with Gasteiger partial charge in [-0.2, -0.15) is 10.6 Å². The Balaban J connectivity index is 1.23. The van der Waals surface area contributed by atoms with Crippen molar-refractivity contribution in [1.82, 2.24) is 0 Å². The second-order valence-electron chi connectivity index (χ2n) is 10.3. The fraction of sp³-hybridized carbons (Fsp3) is 0.367. The van der Waals surface area contributed by atoms with Crippen molar-refractivity contribution in [1.29, 1.82) is 0 Å². The third-order valence-electron chi connectivity index (χ3n) is 7.38. The van der Waals surface area contributed by atoms with Gasteiger partial charge >= 0.3 is 5.97 Å². The Morgan fingerprint density at radius 2 is 1.62 bits per heavy atom. The van der Waals surface area contributed by atoms with Crippen molar-refractivity contribution in [3.8, 4) is 22.6 Å². The van der Waals surface area contributed by atoms with Crippen molar-refractivity contribution in [2.75, 3.05) is 11.5 Å². The average molecular weight is 523 g/mol. The Kier molecular flexibility index (Phi) is 7.21. The smallest absolute Gasteiger partial charge is 0.307 e. The first kappa shape index (κ1) is 25.6. The maximum absolute atomic E-state index is 11.1. The van der Waals surface area contributed by atoms with Crippen LogP contribution in [0.2, 0.25) is 0 Å². The third-order valence-corrected chi connectivity index (χ3v) is 9.16. The molecule has 1 aliphatic heterocycles. The molecule has 0 spiro atoms. The second-order valence-corrected chi connectivity index (χ2v) is 12.7. The van der Waals surface area contributed by atoms with Gasteiger partial charge in [-0.1, -0.05) is 30.3 Å². The molecule has 1 heterocycles. The van der Waals surface area contributed by atoms with E-state index in [0.717, 1.165) is 39.3 Å². The molecule has 6 nitrogen and oxygen atoms in total. The van der Waals surface area contributed by atoms with E-state index in [1.807, 2.05) is 30.3 Å². The van der Waals surface area contributed by atoms with Gasteiger partial charge in [0.2, 0.25) is 0 Å². The van der Waals surface area contributed by atoms with E-state index in [1.165, 1.54) is 5.56 Å². The van der Waals surface area contributed by atoms with E-state index in [1.54, 1.807) is 0 Å². The highest BCUT2D eigenvalue weighted by molar-refractivity contribution is 8.24. The van der Waals surface area contributed by atoms with Gasteiger partial charge in [-0.05, 0) is 89.9 Å². The molecule has 37 heavy (non-hydrogen) atoms.